The van der Waals surface area contributed by atoms with Crippen LogP contribution >= 0.6 is 0 Å². The summed E-state index contributed by atoms with van der Waals surface area (Å²) in [5.74, 6) is -2.11. The number of nitrogens with zero attached hydrogens (tertiary/aromatic N) is 2. The van der Waals surface area contributed by atoms with Crippen LogP contribution in [0.4, 0.5) is 13.2 Å². The predicted octanol–water partition coefficient (Wildman–Crippen LogP) is 3.21. The zero-order chi connectivity index (χ0) is 23.3. The van der Waals surface area contributed by atoms with E-state index in [9.17, 15) is 18.0 Å². The number of carbonyl (C=O) groups excluding carboxylic acids is 1. The average Bonchev–Trinajstić information content (AvgIpc) is 3.36. The van der Waals surface area contributed by atoms with Crippen LogP contribution in [0.5, 0.6) is 0 Å². The van der Waals surface area contributed by atoms with E-state index < -0.39 is 12.1 Å². The molecule has 4 rings (SSSR count). The molecule has 174 valence electrons. The van der Waals surface area contributed by atoms with Crippen molar-refractivity contribution >= 4 is 11.9 Å². The van der Waals surface area contributed by atoms with E-state index in [-0.39, 0.29) is 24.2 Å². The molecule has 32 heavy (non-hydrogen) atoms. The molecule has 0 unspecified atom stereocenters. The van der Waals surface area contributed by atoms with Crippen LogP contribution < -0.4 is 0 Å². The van der Waals surface area contributed by atoms with Gasteiger partial charge in [0.15, 0.2) is 0 Å². The zero-order valence-corrected chi connectivity index (χ0v) is 17.2. The minimum Gasteiger partial charge on any atom is -0.475 e. The Hall–Kier alpha value is -2.92. The van der Waals surface area contributed by atoms with Crippen molar-refractivity contribution in [3.63, 3.8) is 0 Å². The van der Waals surface area contributed by atoms with Crippen LogP contribution in [-0.2, 0) is 20.9 Å². The third-order valence-corrected chi connectivity index (χ3v) is 5.24. The summed E-state index contributed by atoms with van der Waals surface area (Å²) in [6, 6.07) is 7.55. The second kappa shape index (κ2) is 10.1. The maximum atomic E-state index is 12.9. The Morgan fingerprint density at radius 3 is 2.66 bits per heavy atom. The number of likely N-dealkylation sites (tertiary alicyclic amines) is 1. The summed E-state index contributed by atoms with van der Waals surface area (Å²) in [6.07, 6.45) is -0.0797. The molecule has 0 aromatic carbocycles. The van der Waals surface area contributed by atoms with Gasteiger partial charge in [-0.25, -0.2) is 4.79 Å². The van der Waals surface area contributed by atoms with E-state index in [2.05, 4.69) is 4.98 Å². The number of furan rings is 1. The fourth-order valence-electron chi connectivity index (χ4n) is 3.73. The maximum Gasteiger partial charge on any atom is 0.490 e. The van der Waals surface area contributed by atoms with Crippen LogP contribution in [0.1, 0.15) is 34.7 Å². The van der Waals surface area contributed by atoms with Gasteiger partial charge in [0.05, 0.1) is 36.7 Å². The highest BCUT2D eigenvalue weighted by Crippen LogP contribution is 2.32. The van der Waals surface area contributed by atoms with Gasteiger partial charge in [0.1, 0.15) is 18.0 Å². The maximum absolute atomic E-state index is 12.9. The van der Waals surface area contributed by atoms with Crippen LogP contribution in [0.25, 0.3) is 0 Å². The number of fused-ring (bicyclic) bond motifs is 1. The highest BCUT2D eigenvalue weighted by molar-refractivity contribution is 5.95. The first-order chi connectivity index (χ1) is 15.2. The number of carboxylic acid groups (broad SMARTS) is 1. The Kier molecular flexibility index (Phi) is 7.52. The lowest BCUT2D eigenvalue weighted by Crippen LogP contribution is -2.43. The molecule has 3 atom stereocenters. The third-order valence-electron chi connectivity index (χ3n) is 5.24. The van der Waals surface area contributed by atoms with Gasteiger partial charge in [-0.3, -0.25) is 9.78 Å². The van der Waals surface area contributed by atoms with E-state index in [0.717, 1.165) is 25.1 Å². The van der Waals surface area contributed by atoms with E-state index in [0.29, 0.717) is 24.5 Å². The van der Waals surface area contributed by atoms with Crippen molar-refractivity contribution in [1.82, 2.24) is 9.88 Å². The second-order valence-corrected chi connectivity index (χ2v) is 7.37. The van der Waals surface area contributed by atoms with Gasteiger partial charge < -0.3 is 23.9 Å². The minimum absolute atomic E-state index is 0.00399. The predicted molar refractivity (Wildman–Crippen MR) is 104 cm³/mol. The topological polar surface area (TPSA) is 102 Å². The lowest BCUT2D eigenvalue weighted by atomic mass is 10.0. The Morgan fingerprint density at radius 2 is 2.06 bits per heavy atom. The Morgan fingerprint density at radius 1 is 1.31 bits per heavy atom. The number of halogens is 3. The summed E-state index contributed by atoms with van der Waals surface area (Å²) in [7, 11) is 0. The van der Waals surface area contributed by atoms with Gasteiger partial charge in [-0.1, -0.05) is 6.07 Å². The molecule has 2 aliphatic rings. The Labute approximate surface area is 181 Å². The van der Waals surface area contributed by atoms with Crippen LogP contribution in [0.2, 0.25) is 0 Å². The fourth-order valence-corrected chi connectivity index (χ4v) is 3.73. The van der Waals surface area contributed by atoms with E-state index >= 15 is 0 Å². The summed E-state index contributed by atoms with van der Waals surface area (Å²) in [4.78, 5) is 28.0. The molecular weight excluding hydrogens is 433 g/mol. The largest absolute Gasteiger partial charge is 0.490 e. The van der Waals surface area contributed by atoms with Gasteiger partial charge in [-0.15, -0.1) is 0 Å². The molecular formula is C21H23F3N2O6. The number of carboxylic acids is 1. The van der Waals surface area contributed by atoms with Gasteiger partial charge in [-0.2, -0.15) is 13.2 Å². The summed E-state index contributed by atoms with van der Waals surface area (Å²) in [5, 5.41) is 7.12. The second-order valence-electron chi connectivity index (χ2n) is 7.37. The van der Waals surface area contributed by atoms with Gasteiger partial charge in [0, 0.05) is 12.8 Å². The molecule has 0 bridgehead atoms. The number of pyridine rings is 1. The van der Waals surface area contributed by atoms with Crippen molar-refractivity contribution in [3.05, 3.63) is 53.7 Å². The molecule has 0 spiro atoms. The zero-order valence-electron chi connectivity index (χ0n) is 17.2. The van der Waals surface area contributed by atoms with E-state index in [1.165, 1.54) is 0 Å². The normalized spacial score (nSPS) is 22.6. The van der Waals surface area contributed by atoms with Crippen LogP contribution in [-0.4, -0.2) is 64.4 Å². The highest BCUT2D eigenvalue weighted by atomic mass is 19.4. The molecule has 8 nitrogen and oxygen atoms in total. The van der Waals surface area contributed by atoms with Crippen molar-refractivity contribution in [2.75, 3.05) is 13.2 Å². The monoisotopic (exact) mass is 456 g/mol. The number of hydrogen-bond acceptors (Lipinski definition) is 6. The number of aryl methyl sites for hydroxylation is 1. The van der Waals surface area contributed by atoms with Gasteiger partial charge in [-0.05, 0) is 38.0 Å². The summed E-state index contributed by atoms with van der Waals surface area (Å²) in [6.45, 7) is 3.49. The molecule has 1 N–H and O–H groups in total. The first kappa shape index (κ1) is 23.7. The fraction of sp³-hybridized carbons (Fsp3) is 0.476. The number of alkyl halides is 3. The number of rotatable bonds is 4. The standard InChI is InChI=1S/C19H22N2O4.C2HF3O2/c1-13-15(7-10-23-13)19(22)21-11-17(18-16(21)6-4-9-24-18)25-12-14-5-2-3-8-20-14;3-2(4,5)1(6)7/h2-3,5,7-8,10,16-18H,4,6,9,11-12H2,1H3;(H,6,7)/t16-,17+,18+;/m0./s1. The molecule has 2 aromatic rings. The number of ether oxygens (including phenoxy) is 2. The average molecular weight is 456 g/mol. The molecule has 2 fully saturated rings. The van der Waals surface area contributed by atoms with Crippen molar-refractivity contribution in [2.45, 2.75) is 50.8 Å². The summed E-state index contributed by atoms with van der Waals surface area (Å²) in [5.41, 5.74) is 1.50. The van der Waals surface area contributed by atoms with E-state index in [4.69, 9.17) is 23.8 Å². The molecule has 2 aromatic heterocycles. The quantitative estimate of drug-likeness (QED) is 0.754. The number of amides is 1. The summed E-state index contributed by atoms with van der Waals surface area (Å²) < 4.78 is 49.1. The van der Waals surface area contributed by atoms with Crippen molar-refractivity contribution in [2.24, 2.45) is 0 Å². The van der Waals surface area contributed by atoms with Crippen LogP contribution in [0.15, 0.2) is 41.1 Å². The molecule has 11 heteroatoms. The Balaban J connectivity index is 0.000000360. The lowest BCUT2D eigenvalue weighted by Gasteiger charge is -2.32. The highest BCUT2D eigenvalue weighted by Gasteiger charge is 2.47. The smallest absolute Gasteiger partial charge is 0.475 e. The number of aliphatic carboxylic acids is 1. The third kappa shape index (κ3) is 5.65. The van der Waals surface area contributed by atoms with Gasteiger partial charge in [0.25, 0.3) is 5.91 Å². The number of hydrogen-bond donors (Lipinski definition) is 1. The minimum atomic E-state index is -5.08. The molecule has 4 heterocycles. The van der Waals surface area contributed by atoms with Crippen LogP contribution in [0.3, 0.4) is 0 Å². The van der Waals surface area contributed by atoms with E-state index in [1.54, 1.807) is 18.5 Å². The molecule has 0 saturated carbocycles. The lowest BCUT2D eigenvalue weighted by molar-refractivity contribution is -0.192. The Bertz CT molecular complexity index is 918. The SMILES string of the molecule is Cc1occc1C(=O)N1C[C@@H](OCc2ccccn2)[C@@H]2OCCC[C@@H]21.O=C(O)C(F)(F)F. The summed E-state index contributed by atoms with van der Waals surface area (Å²) >= 11 is 0. The van der Waals surface area contributed by atoms with E-state index in [1.807, 2.05) is 30.0 Å². The molecule has 2 saturated heterocycles. The van der Waals surface area contributed by atoms with Crippen molar-refractivity contribution < 1.29 is 41.8 Å². The molecule has 0 aliphatic carbocycles. The van der Waals surface area contributed by atoms with Crippen molar-refractivity contribution in [1.29, 1.82) is 0 Å². The molecule has 0 radical (unpaired) electrons. The number of aromatic nitrogens is 1. The van der Waals surface area contributed by atoms with Crippen LogP contribution in [0, 0.1) is 6.92 Å². The molecule has 2 aliphatic heterocycles. The first-order valence-corrected chi connectivity index (χ1v) is 9.96. The molecule has 1 amide bonds. The van der Waals surface area contributed by atoms with Gasteiger partial charge >= 0.3 is 12.1 Å². The number of carbonyl (C=O) groups is 2. The van der Waals surface area contributed by atoms with Gasteiger partial charge in [0.2, 0.25) is 0 Å². The first-order valence-electron chi connectivity index (χ1n) is 9.96. The van der Waals surface area contributed by atoms with Crippen molar-refractivity contribution in [3.8, 4) is 0 Å².